The minimum Gasteiger partial charge on any atom is -0.454 e. The lowest BCUT2D eigenvalue weighted by molar-refractivity contribution is -0.305. The molecular formula is C69H117NO10. The van der Waals surface area contributed by atoms with Crippen LogP contribution in [0.1, 0.15) is 252 Å². The zero-order valence-electron chi connectivity index (χ0n) is 50.7. The van der Waals surface area contributed by atoms with Crippen molar-refractivity contribution in [1.29, 1.82) is 0 Å². The van der Waals surface area contributed by atoms with Crippen molar-refractivity contribution in [2.75, 3.05) is 13.2 Å². The zero-order chi connectivity index (χ0) is 58.2. The van der Waals surface area contributed by atoms with Gasteiger partial charge in [0.1, 0.15) is 24.4 Å². The van der Waals surface area contributed by atoms with Gasteiger partial charge in [-0.05, 0) is 77.0 Å². The lowest BCUT2D eigenvalue weighted by atomic mass is 9.99. The molecule has 11 heteroatoms. The molecule has 1 saturated heterocycles. The highest BCUT2D eigenvalue weighted by Crippen LogP contribution is 2.26. The van der Waals surface area contributed by atoms with E-state index in [-0.39, 0.29) is 19.4 Å². The first-order valence-corrected chi connectivity index (χ1v) is 32.2. The summed E-state index contributed by atoms with van der Waals surface area (Å²) in [6.07, 6.45) is 65.8. The second-order valence-corrected chi connectivity index (χ2v) is 21.9. The lowest BCUT2D eigenvalue weighted by Crippen LogP contribution is -2.61. The van der Waals surface area contributed by atoms with Crippen molar-refractivity contribution in [3.63, 3.8) is 0 Å². The van der Waals surface area contributed by atoms with Crippen molar-refractivity contribution in [3.8, 4) is 0 Å². The number of hydrogen-bond donors (Lipinski definition) is 6. The molecule has 8 atom stereocenters. The molecule has 1 heterocycles. The summed E-state index contributed by atoms with van der Waals surface area (Å²) in [6, 6.07) is -1.05. The molecule has 1 aliphatic heterocycles. The van der Waals surface area contributed by atoms with Gasteiger partial charge in [0.2, 0.25) is 5.91 Å². The maximum atomic E-state index is 13.4. The summed E-state index contributed by atoms with van der Waals surface area (Å²) in [6.45, 7) is 5.57. The summed E-state index contributed by atoms with van der Waals surface area (Å²) < 4.78 is 17.5. The number of carbonyl (C=O) groups excluding carboxylic acids is 2. The number of hydrogen-bond acceptors (Lipinski definition) is 10. The van der Waals surface area contributed by atoms with Crippen molar-refractivity contribution in [2.45, 2.75) is 301 Å². The predicted octanol–water partition coefficient (Wildman–Crippen LogP) is 15.7. The molecule has 1 rings (SSSR count). The third-order valence-corrected chi connectivity index (χ3v) is 14.5. The molecule has 0 aromatic carbocycles. The number of amides is 1. The Hall–Kier alpha value is -3.68. The molecule has 0 radical (unpaired) electrons. The molecule has 1 fully saturated rings. The van der Waals surface area contributed by atoms with Gasteiger partial charge in [-0.2, -0.15) is 0 Å². The molecule has 6 N–H and O–H groups in total. The van der Waals surface area contributed by atoms with Crippen molar-refractivity contribution in [1.82, 2.24) is 5.32 Å². The molecule has 0 spiro atoms. The fourth-order valence-electron chi connectivity index (χ4n) is 9.45. The van der Waals surface area contributed by atoms with Crippen LogP contribution in [0.3, 0.4) is 0 Å². The van der Waals surface area contributed by atoms with E-state index in [1.807, 2.05) is 60.8 Å². The van der Waals surface area contributed by atoms with Crippen LogP contribution in [-0.2, 0) is 23.8 Å². The van der Waals surface area contributed by atoms with Gasteiger partial charge in [0.25, 0.3) is 0 Å². The maximum Gasteiger partial charge on any atom is 0.306 e. The van der Waals surface area contributed by atoms with E-state index in [4.69, 9.17) is 14.2 Å². The number of ether oxygens (including phenoxy) is 3. The molecule has 0 aromatic rings. The summed E-state index contributed by atoms with van der Waals surface area (Å²) in [5.74, 6) is -1.28. The molecule has 1 aliphatic rings. The van der Waals surface area contributed by atoms with Crippen LogP contribution in [0.4, 0.5) is 0 Å². The number of rotatable bonds is 53. The Bertz CT molecular complexity index is 1710. The van der Waals surface area contributed by atoms with E-state index in [2.05, 4.69) is 68.6 Å². The van der Waals surface area contributed by atoms with Gasteiger partial charge < -0.3 is 45.1 Å². The summed E-state index contributed by atoms with van der Waals surface area (Å²) in [4.78, 5) is 26.5. The number of carbonyl (C=O) groups is 2. The van der Waals surface area contributed by atoms with Crippen LogP contribution in [0.25, 0.3) is 0 Å². The van der Waals surface area contributed by atoms with E-state index in [0.717, 1.165) is 64.2 Å². The van der Waals surface area contributed by atoms with Crippen molar-refractivity contribution >= 4 is 11.9 Å². The molecule has 0 bridgehead atoms. The van der Waals surface area contributed by atoms with Gasteiger partial charge in [-0.25, -0.2) is 0 Å². The van der Waals surface area contributed by atoms with Crippen molar-refractivity contribution < 1.29 is 49.3 Å². The molecule has 80 heavy (non-hydrogen) atoms. The van der Waals surface area contributed by atoms with Gasteiger partial charge in [-0.15, -0.1) is 0 Å². The third kappa shape index (κ3) is 43.1. The van der Waals surface area contributed by atoms with E-state index in [1.54, 1.807) is 6.08 Å². The summed E-state index contributed by atoms with van der Waals surface area (Å²) in [7, 11) is 0. The molecule has 8 unspecified atom stereocenters. The number of nitrogens with one attached hydrogen (secondary N) is 1. The molecule has 1 amide bonds. The van der Waals surface area contributed by atoms with Gasteiger partial charge in [0.05, 0.1) is 25.4 Å². The number of allylic oxidation sites excluding steroid dienone is 17. The third-order valence-electron chi connectivity index (χ3n) is 14.5. The smallest absolute Gasteiger partial charge is 0.306 e. The Kier molecular flexibility index (Phi) is 51.9. The van der Waals surface area contributed by atoms with Crippen LogP contribution in [0, 0.1) is 0 Å². The molecular weight excluding hydrogens is 1000 g/mol. The number of aliphatic hydroxyl groups excluding tert-OH is 5. The van der Waals surface area contributed by atoms with Crippen LogP contribution < -0.4 is 5.32 Å². The van der Waals surface area contributed by atoms with Crippen LogP contribution in [0.2, 0.25) is 0 Å². The second-order valence-electron chi connectivity index (χ2n) is 21.9. The molecule has 0 aliphatic carbocycles. The van der Waals surface area contributed by atoms with Gasteiger partial charge in [-0.1, -0.05) is 278 Å². The van der Waals surface area contributed by atoms with Crippen molar-refractivity contribution in [3.05, 3.63) is 109 Å². The van der Waals surface area contributed by atoms with E-state index < -0.39 is 67.4 Å². The number of unbranched alkanes of at least 4 members (excludes halogenated alkanes) is 27. The Morgan fingerprint density at radius 2 is 0.950 bits per heavy atom. The molecule has 0 aromatic heterocycles. The fraction of sp³-hybridized carbons (Fsp3) is 0.710. The van der Waals surface area contributed by atoms with E-state index >= 15 is 0 Å². The highest BCUT2D eigenvalue weighted by molar-refractivity contribution is 5.80. The van der Waals surface area contributed by atoms with E-state index in [0.29, 0.717) is 19.3 Å². The largest absolute Gasteiger partial charge is 0.454 e. The first-order valence-electron chi connectivity index (χ1n) is 32.2. The SMILES string of the molecule is CC/C=C/C=C/C=C\C=C/C=C/CCCC(=O)OC1C(OCC(NC(=O)C(O)CCCCCCCCCCCCCCC/C=C\C/C=C\C/C=C\CCCCC)C(O)/C=C/CCCCCCCCCCCC)OC(CO)C(O)C1O. The van der Waals surface area contributed by atoms with Crippen LogP contribution in [0.5, 0.6) is 0 Å². The van der Waals surface area contributed by atoms with Crippen LogP contribution in [0.15, 0.2) is 109 Å². The standard InChI is InChI=1S/C69H117NO10/c1-4-7-10-13-16-19-22-25-26-27-28-29-30-31-32-33-34-35-36-37-39-41-44-47-50-53-56-62(73)68(77)70-60(61(72)55-52-49-46-43-40-24-21-18-15-12-9-6-3)59-78-69-67(66(76)65(75)63(58-71)79-69)80-64(74)57-54-51-48-45-42-38-23-20-17-14-11-8-5-2/h8,11,14,16-17,19-20,23,25-26,28-29,38,42,45,48,52,55,60-63,65-67,69,71-73,75-76H,4-7,9-10,12-13,15,18,21-22,24,27,30-37,39-41,43-44,46-47,49-51,53-54,56-59H2,1-3H3,(H,70,77)/b11-8+,17-14+,19-16-,23-20-,26-25-,29-28-,42-38-,48-45+,55-52+. The lowest BCUT2D eigenvalue weighted by Gasteiger charge is -2.41. The van der Waals surface area contributed by atoms with Gasteiger partial charge in [-0.3, -0.25) is 9.59 Å². The Labute approximate surface area is 488 Å². The average molecular weight is 1120 g/mol. The second kappa shape index (κ2) is 55.8. The summed E-state index contributed by atoms with van der Waals surface area (Å²) in [5, 5.41) is 56.9. The molecule has 458 valence electrons. The Morgan fingerprint density at radius 3 is 1.48 bits per heavy atom. The molecule has 11 nitrogen and oxygen atoms in total. The topological polar surface area (TPSA) is 175 Å². The van der Waals surface area contributed by atoms with E-state index in [9.17, 15) is 35.1 Å². The number of esters is 1. The quantitative estimate of drug-likeness (QED) is 0.0149. The van der Waals surface area contributed by atoms with Crippen LogP contribution in [-0.4, -0.2) is 99.6 Å². The predicted molar refractivity (Wildman–Crippen MR) is 333 cm³/mol. The minimum atomic E-state index is -1.65. The Balaban J connectivity index is 2.62. The first-order chi connectivity index (χ1) is 39.2. The average Bonchev–Trinajstić information content (AvgIpc) is 3.45. The highest BCUT2D eigenvalue weighted by atomic mass is 16.7. The van der Waals surface area contributed by atoms with Gasteiger partial charge in [0, 0.05) is 6.42 Å². The zero-order valence-corrected chi connectivity index (χ0v) is 50.7. The van der Waals surface area contributed by atoms with Crippen LogP contribution >= 0.6 is 0 Å². The first kappa shape index (κ1) is 74.3. The van der Waals surface area contributed by atoms with Crippen molar-refractivity contribution in [2.24, 2.45) is 0 Å². The van der Waals surface area contributed by atoms with E-state index in [1.165, 1.54) is 135 Å². The fourth-order valence-corrected chi connectivity index (χ4v) is 9.45. The van der Waals surface area contributed by atoms with Gasteiger partial charge in [0.15, 0.2) is 12.4 Å². The summed E-state index contributed by atoms with van der Waals surface area (Å²) in [5.41, 5.74) is 0. The molecule has 0 saturated carbocycles. The maximum absolute atomic E-state index is 13.4. The highest BCUT2D eigenvalue weighted by Gasteiger charge is 2.47. The summed E-state index contributed by atoms with van der Waals surface area (Å²) >= 11 is 0. The van der Waals surface area contributed by atoms with Gasteiger partial charge >= 0.3 is 5.97 Å². The normalized spacial score (nSPS) is 19.5. The Morgan fingerprint density at radius 1 is 0.512 bits per heavy atom. The minimum absolute atomic E-state index is 0.0228. The monoisotopic (exact) mass is 1120 g/mol. The number of aliphatic hydroxyl groups is 5.